The van der Waals surface area contributed by atoms with Crippen molar-refractivity contribution in [2.24, 2.45) is 22.6 Å². The number of hydrogen-bond acceptors (Lipinski definition) is 14. The van der Waals surface area contributed by atoms with Gasteiger partial charge in [0.25, 0.3) is 0 Å². The molecule has 244 valence electrons. The summed E-state index contributed by atoms with van der Waals surface area (Å²) in [6.45, 7) is 2.91. The van der Waals surface area contributed by atoms with Crippen LogP contribution >= 0.6 is 0 Å². The number of β-amino-alcohol motifs (C(OH)–C–C–N with tert-alkyl or cyclic N) is 1. The molecule has 17 heteroatoms. The van der Waals surface area contributed by atoms with Gasteiger partial charge in [-0.05, 0) is 5.57 Å². The fourth-order valence-corrected chi connectivity index (χ4v) is 4.84. The summed E-state index contributed by atoms with van der Waals surface area (Å²) in [5, 5.41) is 72.6. The fourth-order valence-electron chi connectivity index (χ4n) is 4.84. The molecule has 0 bridgehead atoms. The zero-order valence-corrected chi connectivity index (χ0v) is 24.0. The average Bonchev–Trinajstić information content (AvgIpc) is 3.00. The summed E-state index contributed by atoms with van der Waals surface area (Å²) in [5.74, 6) is -7.10. The maximum atomic E-state index is 12.7. The van der Waals surface area contributed by atoms with Gasteiger partial charge in [-0.15, -0.1) is 6.58 Å². The number of carbonyl (C=O) groups excluding carboxylic acids is 1. The number of carbonyl (C=O) groups is 2. The first kappa shape index (κ1) is 34.7. The molecule has 44 heavy (non-hydrogen) atoms. The molecule has 17 nitrogen and oxygen atoms in total. The molecule has 0 aromatic rings. The zero-order valence-electron chi connectivity index (χ0n) is 24.0. The first-order chi connectivity index (χ1) is 20.8. The Morgan fingerprint density at radius 1 is 1.27 bits per heavy atom. The molecule has 0 amide bonds. The van der Waals surface area contributed by atoms with Crippen LogP contribution in [0.3, 0.4) is 0 Å². The molecule has 0 aromatic carbocycles. The standard InChI is InChI=1S/C27H38N4O13/c1-4-14-15(6-5-13-9-31(7-8-32)10-16(22(36)37)19(13)30-26(28)29-2)17(23(38)41-3)12-42-24(14)44-25-21(35)27(39,40)20(34)18(11-33)43-25/h4-6,10,12,14-15,18,20-21,24-25,32-35,39-40H,1,7-9,11H2,2-3H3,(H,36,37)(H3,28,29,30)/b6-5+/t14-,15+,18-,20-,21+,24+,25+/m1/s1. The zero-order chi connectivity index (χ0) is 32.8. The van der Waals surface area contributed by atoms with Crippen LogP contribution in [0, 0.1) is 11.8 Å². The minimum absolute atomic E-state index is 0.00250. The molecule has 0 aliphatic carbocycles. The number of methoxy groups -OCH3 is 1. The lowest BCUT2D eigenvalue weighted by Gasteiger charge is -2.46. The molecule has 0 saturated carbocycles. The number of aliphatic carboxylic acids is 1. The predicted octanol–water partition coefficient (Wildman–Crippen LogP) is -3.42. The van der Waals surface area contributed by atoms with E-state index in [1.807, 2.05) is 0 Å². The highest BCUT2D eigenvalue weighted by Crippen LogP contribution is 2.37. The summed E-state index contributed by atoms with van der Waals surface area (Å²) < 4.78 is 21.5. The van der Waals surface area contributed by atoms with E-state index in [-0.39, 0.29) is 42.5 Å². The van der Waals surface area contributed by atoms with Crippen molar-refractivity contribution in [3.05, 3.63) is 59.7 Å². The Bertz CT molecular complexity index is 1240. The third-order valence-electron chi connectivity index (χ3n) is 7.24. The summed E-state index contributed by atoms with van der Waals surface area (Å²) in [6, 6.07) is 0. The van der Waals surface area contributed by atoms with E-state index >= 15 is 0 Å². The predicted molar refractivity (Wildman–Crippen MR) is 149 cm³/mol. The first-order valence-electron chi connectivity index (χ1n) is 13.3. The Morgan fingerprint density at radius 3 is 2.55 bits per heavy atom. The average molecular weight is 627 g/mol. The number of ether oxygens (including phenoxy) is 4. The number of nitrogens with one attached hydrogen (secondary N) is 1. The van der Waals surface area contributed by atoms with Gasteiger partial charge in [0, 0.05) is 32.3 Å². The van der Waals surface area contributed by atoms with E-state index in [2.05, 4.69) is 16.9 Å². The number of nitrogens with two attached hydrogens (primary N) is 1. The molecule has 0 unspecified atom stereocenters. The van der Waals surface area contributed by atoms with Crippen LogP contribution in [0.1, 0.15) is 0 Å². The Labute approximate surface area is 252 Å². The van der Waals surface area contributed by atoms with E-state index in [0.29, 0.717) is 5.57 Å². The van der Waals surface area contributed by atoms with E-state index in [1.54, 1.807) is 4.90 Å². The van der Waals surface area contributed by atoms with Crippen molar-refractivity contribution in [3.63, 3.8) is 0 Å². The number of rotatable bonds is 11. The van der Waals surface area contributed by atoms with E-state index in [0.717, 1.165) is 13.4 Å². The molecule has 0 spiro atoms. The number of carboxylic acid groups (broad SMARTS) is 1. The van der Waals surface area contributed by atoms with Gasteiger partial charge in [-0.1, -0.05) is 18.2 Å². The van der Waals surface area contributed by atoms with Crippen LogP contribution in [0.15, 0.2) is 64.7 Å². The van der Waals surface area contributed by atoms with Gasteiger partial charge in [0.2, 0.25) is 12.1 Å². The van der Waals surface area contributed by atoms with Gasteiger partial charge in [-0.3, -0.25) is 4.99 Å². The summed E-state index contributed by atoms with van der Waals surface area (Å²) >= 11 is 0. The van der Waals surface area contributed by atoms with Gasteiger partial charge in [-0.25, -0.2) is 9.59 Å². The van der Waals surface area contributed by atoms with E-state index in [1.165, 1.54) is 31.5 Å². The second-order valence-electron chi connectivity index (χ2n) is 9.98. The van der Waals surface area contributed by atoms with Crippen molar-refractivity contribution in [1.29, 1.82) is 0 Å². The van der Waals surface area contributed by atoms with E-state index in [4.69, 9.17) is 24.7 Å². The third-order valence-corrected chi connectivity index (χ3v) is 7.24. The summed E-state index contributed by atoms with van der Waals surface area (Å²) in [4.78, 5) is 30.2. The van der Waals surface area contributed by atoms with Gasteiger partial charge >= 0.3 is 11.9 Å². The second kappa shape index (κ2) is 14.8. The number of aliphatic hydroxyl groups excluding tert-OH is 4. The SMILES string of the molecule is C=C[C@H]1[C@H](O[C@@H]2O[C@H](CO)[C@@H](O)C(O)(O)[C@H]2O)OC=C(C(=O)OC)[C@H]1/C=C/C1=C(NC(N)=NC)C(C(=O)O)=CN(CCO)C1. The van der Waals surface area contributed by atoms with Gasteiger partial charge in [-0.2, -0.15) is 0 Å². The van der Waals surface area contributed by atoms with E-state index in [9.17, 15) is 45.3 Å². The molecule has 0 aromatic heterocycles. The quantitative estimate of drug-likeness (QED) is 0.0355. The van der Waals surface area contributed by atoms with Crippen molar-refractivity contribution in [2.45, 2.75) is 36.7 Å². The van der Waals surface area contributed by atoms with Crippen molar-refractivity contribution in [2.75, 3.05) is 40.5 Å². The number of allylic oxidation sites excluding steroid dienone is 1. The van der Waals surface area contributed by atoms with Crippen molar-refractivity contribution in [1.82, 2.24) is 10.2 Å². The van der Waals surface area contributed by atoms with Gasteiger partial charge < -0.3 is 70.6 Å². The molecule has 3 heterocycles. The lowest BCUT2D eigenvalue weighted by molar-refractivity contribution is -0.404. The topological polar surface area (TPSA) is 266 Å². The number of carboxylic acids is 1. The molecule has 0 radical (unpaired) electrons. The van der Waals surface area contributed by atoms with E-state index < -0.39 is 67.1 Å². The Morgan fingerprint density at radius 2 is 1.98 bits per heavy atom. The Kier molecular flexibility index (Phi) is 11.6. The van der Waals surface area contributed by atoms with Crippen LogP contribution in [0.25, 0.3) is 0 Å². The van der Waals surface area contributed by atoms with Gasteiger partial charge in [0.15, 0.2) is 18.4 Å². The summed E-state index contributed by atoms with van der Waals surface area (Å²) in [5.41, 5.74) is 6.17. The van der Waals surface area contributed by atoms with Crippen LogP contribution in [-0.4, -0.2) is 136 Å². The minimum Gasteiger partial charge on any atom is -0.478 e. The highest BCUT2D eigenvalue weighted by Gasteiger charge is 2.56. The first-order valence-corrected chi connectivity index (χ1v) is 13.3. The molecule has 3 rings (SSSR count). The third kappa shape index (κ3) is 7.28. The molecule has 7 atom stereocenters. The van der Waals surface area contributed by atoms with Crippen LogP contribution in [-0.2, 0) is 28.5 Å². The molecule has 1 fully saturated rings. The van der Waals surface area contributed by atoms with Gasteiger partial charge in [0.1, 0.15) is 12.2 Å². The molecular formula is C27H38N4O13. The monoisotopic (exact) mass is 626 g/mol. The van der Waals surface area contributed by atoms with Crippen molar-refractivity contribution < 1.29 is 64.3 Å². The lowest BCUT2D eigenvalue weighted by atomic mass is 9.83. The lowest BCUT2D eigenvalue weighted by Crippen LogP contribution is -2.68. The number of hydrogen-bond donors (Lipinski definition) is 9. The second-order valence-corrected chi connectivity index (χ2v) is 9.98. The Balaban J connectivity index is 2.04. The van der Waals surface area contributed by atoms with Crippen molar-refractivity contribution in [3.8, 4) is 0 Å². The molecular weight excluding hydrogens is 588 g/mol. The Hall–Kier alpha value is -3.81. The number of nitrogens with zero attached hydrogens (tertiary/aromatic N) is 2. The van der Waals surface area contributed by atoms with Crippen LogP contribution in [0.5, 0.6) is 0 Å². The number of guanidine groups is 1. The molecule has 3 aliphatic heterocycles. The highest BCUT2D eigenvalue weighted by atomic mass is 16.8. The van der Waals surface area contributed by atoms with Crippen LogP contribution < -0.4 is 11.1 Å². The molecule has 3 aliphatic rings. The summed E-state index contributed by atoms with van der Waals surface area (Å²) in [6.07, 6.45) is -2.19. The minimum atomic E-state index is -3.11. The highest BCUT2D eigenvalue weighted by molar-refractivity contribution is 5.95. The number of aliphatic imine (C=N–C) groups is 1. The summed E-state index contributed by atoms with van der Waals surface area (Å²) in [7, 11) is 2.56. The molecule has 1 saturated heterocycles. The van der Waals surface area contributed by atoms with Crippen LogP contribution in [0.4, 0.5) is 0 Å². The molecule has 10 N–H and O–H groups in total. The number of esters is 1. The van der Waals surface area contributed by atoms with Crippen LogP contribution in [0.2, 0.25) is 0 Å². The fraction of sp³-hybridized carbons (Fsp3) is 0.519. The smallest absolute Gasteiger partial charge is 0.339 e. The largest absolute Gasteiger partial charge is 0.478 e. The maximum Gasteiger partial charge on any atom is 0.339 e. The normalized spacial score (nSPS) is 30.8. The number of aliphatic hydroxyl groups is 6. The van der Waals surface area contributed by atoms with Crippen molar-refractivity contribution >= 4 is 17.9 Å². The maximum absolute atomic E-state index is 12.7. The van der Waals surface area contributed by atoms with Gasteiger partial charge in [0.05, 0.1) is 49.3 Å².